The molecule has 0 saturated carbocycles. The highest BCUT2D eigenvalue weighted by Gasteiger charge is 2.29. The Morgan fingerprint density at radius 1 is 1.28 bits per heavy atom. The highest BCUT2D eigenvalue weighted by atomic mass is 32.2. The van der Waals surface area contributed by atoms with Gasteiger partial charge in [0.1, 0.15) is 5.25 Å². The first-order valence-corrected chi connectivity index (χ1v) is 9.66. The second-order valence-electron chi connectivity index (χ2n) is 6.23. The second kappa shape index (κ2) is 8.34. The van der Waals surface area contributed by atoms with Crippen LogP contribution in [0.4, 0.5) is 0 Å². The molecule has 1 N–H and O–H groups in total. The molecule has 1 aromatic carbocycles. The minimum atomic E-state index is -0.390. The van der Waals surface area contributed by atoms with Gasteiger partial charge < -0.3 is 9.88 Å². The fraction of sp³-hybridized carbons (Fsp3) is 0.421. The van der Waals surface area contributed by atoms with Gasteiger partial charge in [0.25, 0.3) is 5.56 Å². The van der Waals surface area contributed by atoms with Crippen molar-refractivity contribution in [1.29, 1.82) is 0 Å². The molecule has 1 atom stereocenters. The van der Waals surface area contributed by atoms with Crippen LogP contribution in [0.1, 0.15) is 42.7 Å². The molecule has 25 heavy (non-hydrogen) atoms. The predicted octanol–water partition coefficient (Wildman–Crippen LogP) is 3.18. The minimum Gasteiger partial charge on any atom is -0.341 e. The Kier molecular flexibility index (Phi) is 5.91. The summed E-state index contributed by atoms with van der Waals surface area (Å²) in [6.45, 7) is 3.67. The number of likely N-dealkylation sites (tertiary alicyclic amines) is 1. The summed E-state index contributed by atoms with van der Waals surface area (Å²) in [6, 6.07) is 11.3. The molecule has 2 heterocycles. The maximum absolute atomic E-state index is 13.0. The van der Waals surface area contributed by atoms with Gasteiger partial charge in [0.15, 0.2) is 5.16 Å². The summed E-state index contributed by atoms with van der Waals surface area (Å²) in [7, 11) is 0. The molecule has 0 spiro atoms. The molecule has 0 radical (unpaired) electrons. The van der Waals surface area contributed by atoms with E-state index < -0.39 is 0 Å². The van der Waals surface area contributed by atoms with Gasteiger partial charge >= 0.3 is 0 Å². The Hall–Kier alpha value is -2.08. The number of carbonyl (C=O) groups excluding carboxylic acids is 1. The Bertz CT molecular complexity index is 770. The average molecular weight is 357 g/mol. The maximum Gasteiger partial charge on any atom is 0.251 e. The van der Waals surface area contributed by atoms with Crippen molar-refractivity contribution in [3.63, 3.8) is 0 Å². The Labute approximate surface area is 151 Å². The van der Waals surface area contributed by atoms with Crippen LogP contribution in [0, 0.1) is 0 Å². The molecule has 132 valence electrons. The molecule has 1 amide bonds. The number of aromatic amines is 1. The van der Waals surface area contributed by atoms with Gasteiger partial charge in [0.05, 0.1) is 0 Å². The van der Waals surface area contributed by atoms with E-state index in [-0.39, 0.29) is 16.7 Å². The van der Waals surface area contributed by atoms with Crippen LogP contribution >= 0.6 is 11.8 Å². The highest BCUT2D eigenvalue weighted by molar-refractivity contribution is 8.00. The number of thioether (sulfide) groups is 1. The lowest BCUT2D eigenvalue weighted by molar-refractivity contribution is -0.129. The van der Waals surface area contributed by atoms with Crippen LogP contribution in [0.5, 0.6) is 0 Å². The van der Waals surface area contributed by atoms with Crippen molar-refractivity contribution in [2.75, 3.05) is 13.1 Å². The van der Waals surface area contributed by atoms with E-state index in [1.807, 2.05) is 35.2 Å². The third-order valence-electron chi connectivity index (χ3n) is 4.25. The number of H-pyrrole nitrogens is 1. The summed E-state index contributed by atoms with van der Waals surface area (Å²) < 4.78 is 0. The van der Waals surface area contributed by atoms with Gasteiger partial charge in [-0.2, -0.15) is 0 Å². The lowest BCUT2D eigenvalue weighted by Crippen LogP contribution is -2.31. The van der Waals surface area contributed by atoms with E-state index in [1.54, 1.807) is 0 Å². The molecule has 0 bridgehead atoms. The maximum atomic E-state index is 13.0. The summed E-state index contributed by atoms with van der Waals surface area (Å²) >= 11 is 1.33. The summed E-state index contributed by atoms with van der Waals surface area (Å²) in [5, 5.41) is 0.122. The molecule has 3 rings (SSSR count). The molecule has 5 nitrogen and oxygen atoms in total. The van der Waals surface area contributed by atoms with Crippen molar-refractivity contribution in [1.82, 2.24) is 14.9 Å². The lowest BCUT2D eigenvalue weighted by atomic mass is 10.1. The van der Waals surface area contributed by atoms with E-state index in [0.717, 1.165) is 50.0 Å². The Balaban J connectivity index is 1.90. The molecule has 2 aromatic rings. The van der Waals surface area contributed by atoms with E-state index >= 15 is 0 Å². The van der Waals surface area contributed by atoms with Crippen LogP contribution in [-0.2, 0) is 11.2 Å². The molecule has 0 aliphatic carbocycles. The Morgan fingerprint density at radius 2 is 2.00 bits per heavy atom. The lowest BCUT2D eigenvalue weighted by Gasteiger charge is -2.22. The topological polar surface area (TPSA) is 66.1 Å². The number of hydrogen-bond donors (Lipinski definition) is 1. The van der Waals surface area contributed by atoms with Gasteiger partial charge in [0, 0.05) is 24.8 Å². The summed E-state index contributed by atoms with van der Waals surface area (Å²) in [5.74, 6) is 0.0947. The monoisotopic (exact) mass is 357 g/mol. The SMILES string of the molecule is CCCc1cc(=O)[nH]c(SC(C(=O)N2CCCC2)c2ccccc2)n1. The number of hydrogen-bond acceptors (Lipinski definition) is 4. The number of nitrogens with zero attached hydrogens (tertiary/aromatic N) is 2. The van der Waals surface area contributed by atoms with Crippen LogP contribution in [0.3, 0.4) is 0 Å². The predicted molar refractivity (Wildman–Crippen MR) is 99.7 cm³/mol. The highest BCUT2D eigenvalue weighted by Crippen LogP contribution is 2.35. The summed E-state index contributed by atoms with van der Waals surface area (Å²) in [5.41, 5.74) is 1.54. The zero-order valence-corrected chi connectivity index (χ0v) is 15.2. The molecular formula is C19H23N3O2S. The van der Waals surface area contributed by atoms with Gasteiger partial charge in [-0.3, -0.25) is 9.59 Å². The molecule has 1 saturated heterocycles. The van der Waals surface area contributed by atoms with Crippen molar-refractivity contribution in [3.8, 4) is 0 Å². The number of nitrogens with one attached hydrogen (secondary N) is 1. The first-order valence-electron chi connectivity index (χ1n) is 8.78. The van der Waals surface area contributed by atoms with Crippen LogP contribution in [0.15, 0.2) is 46.3 Å². The molecule has 1 aliphatic heterocycles. The number of aromatic nitrogens is 2. The van der Waals surface area contributed by atoms with Crippen molar-refractivity contribution < 1.29 is 4.79 Å². The number of carbonyl (C=O) groups is 1. The van der Waals surface area contributed by atoms with Gasteiger partial charge in [-0.1, -0.05) is 55.4 Å². The zero-order chi connectivity index (χ0) is 17.6. The quantitative estimate of drug-likeness (QED) is 0.637. The fourth-order valence-electron chi connectivity index (χ4n) is 3.03. The zero-order valence-electron chi connectivity index (χ0n) is 14.4. The number of aryl methyl sites for hydroxylation is 1. The Morgan fingerprint density at radius 3 is 2.68 bits per heavy atom. The molecular weight excluding hydrogens is 334 g/mol. The smallest absolute Gasteiger partial charge is 0.251 e. The molecule has 1 aliphatic rings. The third-order valence-corrected chi connectivity index (χ3v) is 5.38. The second-order valence-corrected chi connectivity index (χ2v) is 7.33. The summed E-state index contributed by atoms with van der Waals surface area (Å²) in [4.78, 5) is 34.2. The molecule has 1 aromatic heterocycles. The number of benzene rings is 1. The normalized spacial score (nSPS) is 15.3. The van der Waals surface area contributed by atoms with Crippen LogP contribution in [0.25, 0.3) is 0 Å². The standard InChI is InChI=1S/C19H23N3O2S/c1-2-8-15-13-16(23)21-19(20-15)25-17(14-9-4-3-5-10-14)18(24)22-11-6-7-12-22/h3-5,9-10,13,17H,2,6-8,11-12H2,1H3,(H,20,21,23). The van der Waals surface area contributed by atoms with E-state index in [9.17, 15) is 9.59 Å². The van der Waals surface area contributed by atoms with Gasteiger partial charge in [-0.05, 0) is 24.8 Å². The van der Waals surface area contributed by atoms with E-state index in [2.05, 4.69) is 16.9 Å². The van der Waals surface area contributed by atoms with E-state index in [1.165, 1.54) is 17.8 Å². The van der Waals surface area contributed by atoms with Gasteiger partial charge in [-0.25, -0.2) is 4.98 Å². The molecule has 1 fully saturated rings. The van der Waals surface area contributed by atoms with Gasteiger partial charge in [0.2, 0.25) is 5.91 Å². The third kappa shape index (κ3) is 4.51. The minimum absolute atomic E-state index is 0.0947. The van der Waals surface area contributed by atoms with Crippen molar-refractivity contribution >= 4 is 17.7 Å². The van der Waals surface area contributed by atoms with E-state index in [4.69, 9.17) is 0 Å². The number of amides is 1. The first-order chi connectivity index (χ1) is 12.2. The van der Waals surface area contributed by atoms with E-state index in [0.29, 0.717) is 5.16 Å². The summed E-state index contributed by atoms with van der Waals surface area (Å²) in [6.07, 6.45) is 3.79. The molecule has 6 heteroatoms. The largest absolute Gasteiger partial charge is 0.341 e. The number of rotatable bonds is 6. The van der Waals surface area contributed by atoms with Gasteiger partial charge in [-0.15, -0.1) is 0 Å². The molecule has 1 unspecified atom stereocenters. The van der Waals surface area contributed by atoms with Crippen LogP contribution < -0.4 is 5.56 Å². The van der Waals surface area contributed by atoms with Crippen molar-refractivity contribution in [2.24, 2.45) is 0 Å². The fourth-order valence-corrected chi connectivity index (χ4v) is 4.12. The van der Waals surface area contributed by atoms with Crippen molar-refractivity contribution in [3.05, 3.63) is 58.0 Å². The van der Waals surface area contributed by atoms with Crippen LogP contribution in [-0.4, -0.2) is 33.9 Å². The average Bonchev–Trinajstić information content (AvgIpc) is 3.14. The van der Waals surface area contributed by atoms with Crippen LogP contribution in [0.2, 0.25) is 0 Å². The first kappa shape index (κ1) is 17.7. The van der Waals surface area contributed by atoms with Crippen molar-refractivity contribution in [2.45, 2.75) is 43.0 Å².